The molecule has 1 atom stereocenters. The number of benzene rings is 1. The largest absolute Gasteiger partial charge is 0.492 e. The minimum atomic E-state index is -0.0142. The molecule has 0 saturated carbocycles. The predicted molar refractivity (Wildman–Crippen MR) is 73.2 cm³/mol. The number of nitrogens with two attached hydrogens (primary N) is 1. The molecule has 1 aromatic rings. The fourth-order valence-corrected chi connectivity index (χ4v) is 2.78. The van der Waals surface area contributed by atoms with Gasteiger partial charge in [0.2, 0.25) is 0 Å². The van der Waals surface area contributed by atoms with Crippen molar-refractivity contribution in [3.05, 3.63) is 23.3 Å². The number of aldehydes is 1. The van der Waals surface area contributed by atoms with Gasteiger partial charge in [0.15, 0.2) is 6.29 Å². The molecular formula is C15H21NO2. The quantitative estimate of drug-likeness (QED) is 0.645. The van der Waals surface area contributed by atoms with Crippen molar-refractivity contribution in [3.8, 4) is 5.75 Å². The summed E-state index contributed by atoms with van der Waals surface area (Å²) in [5.41, 5.74) is 8.12. The maximum atomic E-state index is 11.2. The molecule has 1 heterocycles. The number of carbonyl (C=O) groups is 1. The Morgan fingerprint density at radius 2 is 2.22 bits per heavy atom. The number of anilines is 1. The first kappa shape index (κ1) is 12.9. The van der Waals surface area contributed by atoms with Gasteiger partial charge in [-0.3, -0.25) is 4.79 Å². The Bertz CT molecular complexity index is 466. The predicted octanol–water partition coefficient (Wildman–Crippen LogP) is 3.17. The number of carbonyl (C=O) groups excluding carboxylic acids is 1. The van der Waals surface area contributed by atoms with E-state index < -0.39 is 0 Å². The van der Waals surface area contributed by atoms with Gasteiger partial charge in [0, 0.05) is 11.3 Å². The zero-order valence-corrected chi connectivity index (χ0v) is 11.3. The van der Waals surface area contributed by atoms with E-state index in [-0.39, 0.29) is 5.41 Å². The standard InChI is InChI=1S/C15H21NO2/c1-4-10-7-15(2,3)13-6-12(16)5-11(8-17)14(13)18-9-10/h5-6,8,10H,4,7,9,16H2,1-3H3. The summed E-state index contributed by atoms with van der Waals surface area (Å²) in [5, 5.41) is 0. The van der Waals surface area contributed by atoms with Gasteiger partial charge in [-0.2, -0.15) is 0 Å². The molecule has 0 fully saturated rings. The van der Waals surface area contributed by atoms with E-state index in [1.54, 1.807) is 6.07 Å². The average Bonchev–Trinajstić information content (AvgIpc) is 2.45. The molecule has 0 amide bonds. The highest BCUT2D eigenvalue weighted by Gasteiger charge is 2.32. The number of fused-ring (bicyclic) bond motifs is 1. The Hall–Kier alpha value is -1.51. The molecule has 0 aromatic heterocycles. The molecular weight excluding hydrogens is 226 g/mol. The van der Waals surface area contributed by atoms with Crippen molar-refractivity contribution in [2.45, 2.75) is 39.0 Å². The normalized spacial score (nSPS) is 21.6. The lowest BCUT2D eigenvalue weighted by molar-refractivity contribution is 0.111. The second kappa shape index (κ2) is 4.63. The second-order valence-corrected chi connectivity index (χ2v) is 5.78. The van der Waals surface area contributed by atoms with Crippen molar-refractivity contribution in [2.75, 3.05) is 12.3 Å². The Morgan fingerprint density at radius 1 is 1.50 bits per heavy atom. The van der Waals surface area contributed by atoms with Gasteiger partial charge >= 0.3 is 0 Å². The van der Waals surface area contributed by atoms with E-state index in [1.165, 1.54) is 0 Å². The average molecular weight is 247 g/mol. The molecule has 98 valence electrons. The highest BCUT2D eigenvalue weighted by Crippen LogP contribution is 2.42. The maximum Gasteiger partial charge on any atom is 0.153 e. The van der Waals surface area contributed by atoms with Crippen molar-refractivity contribution in [2.24, 2.45) is 5.92 Å². The smallest absolute Gasteiger partial charge is 0.153 e. The van der Waals surface area contributed by atoms with E-state index in [1.807, 2.05) is 6.07 Å². The summed E-state index contributed by atoms with van der Waals surface area (Å²) >= 11 is 0. The third kappa shape index (κ3) is 2.22. The Balaban J connectivity index is 2.56. The van der Waals surface area contributed by atoms with Crippen LogP contribution in [-0.4, -0.2) is 12.9 Å². The minimum Gasteiger partial charge on any atom is -0.492 e. The van der Waals surface area contributed by atoms with E-state index in [4.69, 9.17) is 10.5 Å². The molecule has 1 aliphatic heterocycles. The van der Waals surface area contributed by atoms with Gasteiger partial charge in [0.25, 0.3) is 0 Å². The number of hydrogen-bond donors (Lipinski definition) is 1. The molecule has 1 unspecified atom stereocenters. The lowest BCUT2D eigenvalue weighted by Gasteiger charge is -2.27. The molecule has 0 bridgehead atoms. The SMILES string of the molecule is CCC1COc2c(C=O)cc(N)cc2C(C)(C)C1. The minimum absolute atomic E-state index is 0.0142. The molecule has 0 spiro atoms. The lowest BCUT2D eigenvalue weighted by Crippen LogP contribution is -2.21. The summed E-state index contributed by atoms with van der Waals surface area (Å²) in [5.74, 6) is 1.24. The topological polar surface area (TPSA) is 52.3 Å². The molecule has 2 rings (SSSR count). The fourth-order valence-electron chi connectivity index (χ4n) is 2.78. The third-order valence-corrected chi connectivity index (χ3v) is 3.84. The van der Waals surface area contributed by atoms with Crippen LogP contribution in [-0.2, 0) is 5.41 Å². The van der Waals surface area contributed by atoms with Crippen molar-refractivity contribution in [1.82, 2.24) is 0 Å². The van der Waals surface area contributed by atoms with Crippen LogP contribution in [0.3, 0.4) is 0 Å². The monoisotopic (exact) mass is 247 g/mol. The van der Waals surface area contributed by atoms with Gasteiger partial charge in [-0.05, 0) is 29.9 Å². The number of hydrogen-bond acceptors (Lipinski definition) is 3. The van der Waals surface area contributed by atoms with Crippen LogP contribution in [0.5, 0.6) is 5.75 Å². The zero-order chi connectivity index (χ0) is 13.3. The van der Waals surface area contributed by atoms with Crippen molar-refractivity contribution in [1.29, 1.82) is 0 Å². The number of ether oxygens (including phenoxy) is 1. The van der Waals surface area contributed by atoms with Crippen LogP contribution < -0.4 is 10.5 Å². The van der Waals surface area contributed by atoms with E-state index in [0.29, 0.717) is 23.8 Å². The molecule has 0 aliphatic carbocycles. The van der Waals surface area contributed by atoms with E-state index in [9.17, 15) is 4.79 Å². The van der Waals surface area contributed by atoms with Crippen LogP contribution in [0.25, 0.3) is 0 Å². The van der Waals surface area contributed by atoms with Crippen molar-refractivity contribution < 1.29 is 9.53 Å². The highest BCUT2D eigenvalue weighted by molar-refractivity contribution is 5.83. The summed E-state index contributed by atoms with van der Waals surface area (Å²) in [4.78, 5) is 11.2. The highest BCUT2D eigenvalue weighted by atomic mass is 16.5. The number of nitrogen functional groups attached to an aromatic ring is 1. The van der Waals surface area contributed by atoms with E-state index >= 15 is 0 Å². The van der Waals surface area contributed by atoms with Crippen LogP contribution >= 0.6 is 0 Å². The molecule has 0 saturated heterocycles. The van der Waals surface area contributed by atoms with Crippen LogP contribution in [0.2, 0.25) is 0 Å². The Morgan fingerprint density at radius 3 is 2.83 bits per heavy atom. The summed E-state index contributed by atoms with van der Waals surface area (Å²) < 4.78 is 5.88. The third-order valence-electron chi connectivity index (χ3n) is 3.84. The Kier molecular flexibility index (Phi) is 3.33. The van der Waals surface area contributed by atoms with Gasteiger partial charge in [-0.1, -0.05) is 27.2 Å². The van der Waals surface area contributed by atoms with E-state index in [2.05, 4.69) is 20.8 Å². The van der Waals surface area contributed by atoms with E-state index in [0.717, 1.165) is 30.4 Å². The molecule has 1 aliphatic rings. The van der Waals surface area contributed by atoms with Gasteiger partial charge in [0.05, 0.1) is 12.2 Å². The maximum absolute atomic E-state index is 11.2. The van der Waals surface area contributed by atoms with Crippen LogP contribution in [0, 0.1) is 5.92 Å². The molecule has 3 nitrogen and oxygen atoms in total. The molecule has 18 heavy (non-hydrogen) atoms. The lowest BCUT2D eigenvalue weighted by atomic mass is 9.76. The van der Waals surface area contributed by atoms with Gasteiger partial charge < -0.3 is 10.5 Å². The number of rotatable bonds is 2. The Labute approximate surface area is 108 Å². The summed E-state index contributed by atoms with van der Waals surface area (Å²) in [7, 11) is 0. The first-order chi connectivity index (χ1) is 8.47. The second-order valence-electron chi connectivity index (χ2n) is 5.78. The van der Waals surface area contributed by atoms with Crippen LogP contribution in [0.1, 0.15) is 49.5 Å². The summed E-state index contributed by atoms with van der Waals surface area (Å²) in [6, 6.07) is 3.63. The van der Waals surface area contributed by atoms with Gasteiger partial charge in [-0.25, -0.2) is 0 Å². The van der Waals surface area contributed by atoms with Gasteiger partial charge in [0.1, 0.15) is 5.75 Å². The van der Waals surface area contributed by atoms with Crippen LogP contribution in [0.4, 0.5) is 5.69 Å². The fraction of sp³-hybridized carbons (Fsp3) is 0.533. The molecule has 0 radical (unpaired) electrons. The molecule has 1 aromatic carbocycles. The molecule has 3 heteroatoms. The van der Waals surface area contributed by atoms with Gasteiger partial charge in [-0.15, -0.1) is 0 Å². The van der Waals surface area contributed by atoms with Crippen LogP contribution in [0.15, 0.2) is 12.1 Å². The van der Waals surface area contributed by atoms with Crippen molar-refractivity contribution >= 4 is 12.0 Å². The summed E-state index contributed by atoms with van der Waals surface area (Å²) in [6.45, 7) is 7.24. The first-order valence-electron chi connectivity index (χ1n) is 6.50. The molecule has 2 N–H and O–H groups in total. The zero-order valence-electron chi connectivity index (χ0n) is 11.3. The summed E-state index contributed by atoms with van der Waals surface area (Å²) in [6.07, 6.45) is 2.97. The van der Waals surface area contributed by atoms with Crippen molar-refractivity contribution in [3.63, 3.8) is 0 Å². The first-order valence-corrected chi connectivity index (χ1v) is 6.50.